The van der Waals surface area contributed by atoms with Gasteiger partial charge < -0.3 is 10.2 Å². The number of rotatable bonds is 3. The smallest absolute Gasteiger partial charge is 0.229 e. The van der Waals surface area contributed by atoms with Crippen LogP contribution in [0.25, 0.3) is 0 Å². The van der Waals surface area contributed by atoms with E-state index < -0.39 is 0 Å². The van der Waals surface area contributed by atoms with Crippen molar-refractivity contribution in [3.05, 3.63) is 35.9 Å². The zero-order chi connectivity index (χ0) is 15.7. The summed E-state index contributed by atoms with van der Waals surface area (Å²) in [6, 6.07) is 7.83. The second-order valence-electron chi connectivity index (χ2n) is 5.89. The van der Waals surface area contributed by atoms with E-state index in [1.165, 1.54) is 0 Å². The molecule has 0 fully saturated rings. The first-order chi connectivity index (χ1) is 10.5. The van der Waals surface area contributed by atoms with Gasteiger partial charge in [0.1, 0.15) is 11.6 Å². The fourth-order valence-corrected chi connectivity index (χ4v) is 2.85. The summed E-state index contributed by atoms with van der Waals surface area (Å²) in [6.07, 6.45) is 1.61. The highest BCUT2D eigenvalue weighted by Gasteiger charge is 2.26. The van der Waals surface area contributed by atoms with Gasteiger partial charge in [0.15, 0.2) is 0 Å². The fraction of sp³-hybridized carbons (Fsp3) is 0.438. The van der Waals surface area contributed by atoms with Gasteiger partial charge in [0, 0.05) is 20.5 Å². The van der Waals surface area contributed by atoms with Crippen molar-refractivity contribution in [2.24, 2.45) is 5.92 Å². The summed E-state index contributed by atoms with van der Waals surface area (Å²) in [4.78, 5) is 18.9. The van der Waals surface area contributed by atoms with Crippen molar-refractivity contribution in [2.75, 3.05) is 24.3 Å². The van der Waals surface area contributed by atoms with E-state index in [-0.39, 0.29) is 11.8 Å². The van der Waals surface area contributed by atoms with Crippen LogP contribution in [0.1, 0.15) is 18.1 Å². The van der Waals surface area contributed by atoms with E-state index in [1.807, 2.05) is 54.9 Å². The van der Waals surface area contributed by atoms with Crippen LogP contribution in [0.2, 0.25) is 0 Å². The van der Waals surface area contributed by atoms with Crippen LogP contribution in [0.4, 0.5) is 11.4 Å². The van der Waals surface area contributed by atoms with Crippen LogP contribution in [0.3, 0.4) is 0 Å². The number of nitrogens with zero attached hydrogens (tertiary/aromatic N) is 4. The molecule has 1 aromatic carbocycles. The molecule has 2 aromatic rings. The van der Waals surface area contributed by atoms with Crippen LogP contribution in [0.15, 0.2) is 24.3 Å². The highest BCUT2D eigenvalue weighted by molar-refractivity contribution is 5.95. The summed E-state index contributed by atoms with van der Waals surface area (Å²) in [6.45, 7) is 2.49. The molecule has 0 spiro atoms. The number of carbonyl (C=O) groups excluding carboxylic acids is 1. The third kappa shape index (κ3) is 2.81. The van der Waals surface area contributed by atoms with E-state index >= 15 is 0 Å². The van der Waals surface area contributed by atoms with Gasteiger partial charge in [-0.2, -0.15) is 5.10 Å². The Morgan fingerprint density at radius 2 is 2.14 bits per heavy atom. The van der Waals surface area contributed by atoms with E-state index in [0.29, 0.717) is 6.54 Å². The molecule has 2 heterocycles. The summed E-state index contributed by atoms with van der Waals surface area (Å²) in [5, 5.41) is 7.41. The molecule has 1 amide bonds. The van der Waals surface area contributed by atoms with E-state index in [1.54, 1.807) is 0 Å². The molecular weight excluding hydrogens is 278 g/mol. The monoisotopic (exact) mass is 299 g/mol. The first-order valence-corrected chi connectivity index (χ1v) is 7.52. The van der Waals surface area contributed by atoms with Gasteiger partial charge in [-0.25, -0.2) is 9.67 Å². The molecule has 0 saturated carbocycles. The van der Waals surface area contributed by atoms with Gasteiger partial charge in [-0.15, -0.1) is 0 Å². The Morgan fingerprint density at radius 1 is 1.36 bits per heavy atom. The van der Waals surface area contributed by atoms with E-state index in [2.05, 4.69) is 15.4 Å². The molecule has 1 atom stereocenters. The van der Waals surface area contributed by atoms with Crippen LogP contribution in [-0.2, 0) is 17.8 Å². The van der Waals surface area contributed by atoms with Gasteiger partial charge in [0.05, 0.1) is 23.8 Å². The lowest BCUT2D eigenvalue weighted by Crippen LogP contribution is -2.32. The molecule has 6 heteroatoms. The Balaban J connectivity index is 1.73. The molecule has 0 radical (unpaired) electrons. The molecular formula is C16H21N5O. The van der Waals surface area contributed by atoms with Crippen LogP contribution in [0, 0.1) is 12.8 Å². The van der Waals surface area contributed by atoms with Crippen molar-refractivity contribution in [2.45, 2.75) is 26.3 Å². The normalized spacial score (nSPS) is 17.0. The number of nitrogens with one attached hydrogen (secondary N) is 1. The fourth-order valence-electron chi connectivity index (χ4n) is 2.85. The lowest BCUT2D eigenvalue weighted by molar-refractivity contribution is -0.120. The molecule has 1 aliphatic heterocycles. The van der Waals surface area contributed by atoms with Crippen LogP contribution >= 0.6 is 0 Å². The van der Waals surface area contributed by atoms with Crippen molar-refractivity contribution in [3.8, 4) is 0 Å². The minimum absolute atomic E-state index is 0.0492. The SMILES string of the molecule is Cc1nc2n(n1)CC(C(=O)Nc1ccccc1N(C)C)CC2. The first-order valence-electron chi connectivity index (χ1n) is 7.52. The largest absolute Gasteiger partial charge is 0.376 e. The first kappa shape index (κ1) is 14.6. The minimum Gasteiger partial charge on any atom is -0.376 e. The standard InChI is InChI=1S/C16H21N5O/c1-11-17-15-9-8-12(10-21(15)19-11)16(22)18-13-6-4-5-7-14(13)20(2)3/h4-7,12H,8-10H2,1-3H3,(H,18,22). The second kappa shape index (κ2) is 5.79. The maximum atomic E-state index is 12.6. The Bertz CT molecular complexity index is 692. The average molecular weight is 299 g/mol. The van der Waals surface area contributed by atoms with Crippen molar-refractivity contribution < 1.29 is 4.79 Å². The average Bonchev–Trinajstić information content (AvgIpc) is 2.86. The van der Waals surface area contributed by atoms with Crippen molar-refractivity contribution in [1.29, 1.82) is 0 Å². The third-order valence-corrected chi connectivity index (χ3v) is 3.98. The number of carbonyl (C=O) groups is 1. The number of aromatic nitrogens is 3. The van der Waals surface area contributed by atoms with Gasteiger partial charge in [0.2, 0.25) is 5.91 Å². The quantitative estimate of drug-likeness (QED) is 0.939. The molecule has 1 aliphatic rings. The van der Waals surface area contributed by atoms with E-state index in [4.69, 9.17) is 0 Å². The number of hydrogen-bond acceptors (Lipinski definition) is 4. The second-order valence-corrected chi connectivity index (χ2v) is 5.89. The summed E-state index contributed by atoms with van der Waals surface area (Å²) in [7, 11) is 3.94. The van der Waals surface area contributed by atoms with Crippen molar-refractivity contribution in [3.63, 3.8) is 0 Å². The lowest BCUT2D eigenvalue weighted by Gasteiger charge is -2.23. The predicted molar refractivity (Wildman–Crippen MR) is 86.0 cm³/mol. The Hall–Kier alpha value is -2.37. The molecule has 3 rings (SSSR count). The molecule has 1 unspecified atom stereocenters. The van der Waals surface area contributed by atoms with Crippen LogP contribution in [-0.4, -0.2) is 34.8 Å². The number of anilines is 2. The zero-order valence-electron chi connectivity index (χ0n) is 13.2. The molecule has 22 heavy (non-hydrogen) atoms. The van der Waals surface area contributed by atoms with Crippen molar-refractivity contribution >= 4 is 17.3 Å². The topological polar surface area (TPSA) is 63.1 Å². The van der Waals surface area contributed by atoms with Crippen LogP contribution in [0.5, 0.6) is 0 Å². The molecule has 1 N–H and O–H groups in total. The van der Waals surface area contributed by atoms with Gasteiger partial charge in [0.25, 0.3) is 0 Å². The summed E-state index contributed by atoms with van der Waals surface area (Å²) < 4.78 is 1.86. The number of para-hydroxylation sites is 2. The van der Waals surface area contributed by atoms with E-state index in [9.17, 15) is 4.79 Å². The number of fused-ring (bicyclic) bond motifs is 1. The third-order valence-electron chi connectivity index (χ3n) is 3.98. The lowest BCUT2D eigenvalue weighted by atomic mass is 9.98. The Morgan fingerprint density at radius 3 is 2.91 bits per heavy atom. The zero-order valence-corrected chi connectivity index (χ0v) is 13.2. The van der Waals surface area contributed by atoms with Crippen LogP contribution < -0.4 is 10.2 Å². The van der Waals surface area contributed by atoms with Gasteiger partial charge in [-0.1, -0.05) is 12.1 Å². The highest BCUT2D eigenvalue weighted by Crippen LogP contribution is 2.26. The minimum atomic E-state index is -0.0659. The molecule has 0 bridgehead atoms. The highest BCUT2D eigenvalue weighted by atomic mass is 16.1. The Kier molecular flexibility index (Phi) is 3.83. The maximum absolute atomic E-state index is 12.6. The van der Waals surface area contributed by atoms with E-state index in [0.717, 1.165) is 35.9 Å². The van der Waals surface area contributed by atoms with Gasteiger partial charge in [-0.3, -0.25) is 4.79 Å². The van der Waals surface area contributed by atoms with Crippen molar-refractivity contribution in [1.82, 2.24) is 14.8 Å². The summed E-state index contributed by atoms with van der Waals surface area (Å²) >= 11 is 0. The number of aryl methyl sites for hydroxylation is 2. The summed E-state index contributed by atoms with van der Waals surface area (Å²) in [5.74, 6) is 1.74. The number of benzene rings is 1. The molecule has 116 valence electrons. The summed E-state index contributed by atoms with van der Waals surface area (Å²) in [5.41, 5.74) is 1.85. The van der Waals surface area contributed by atoms with Gasteiger partial charge >= 0.3 is 0 Å². The molecule has 0 saturated heterocycles. The molecule has 6 nitrogen and oxygen atoms in total. The molecule has 1 aromatic heterocycles. The number of amides is 1. The molecule has 0 aliphatic carbocycles. The maximum Gasteiger partial charge on any atom is 0.229 e. The Labute approximate surface area is 130 Å². The number of hydrogen-bond donors (Lipinski definition) is 1. The predicted octanol–water partition coefficient (Wildman–Crippen LogP) is 1.85. The van der Waals surface area contributed by atoms with Gasteiger partial charge in [-0.05, 0) is 25.5 Å².